The number of ether oxygens (including phenoxy) is 1. The van der Waals surface area contributed by atoms with Crippen LogP contribution in [0.2, 0.25) is 5.02 Å². The maximum absolute atomic E-state index is 12.5. The summed E-state index contributed by atoms with van der Waals surface area (Å²) in [5.74, 6) is -0.754. The Hall–Kier alpha value is -1.35. The van der Waals surface area contributed by atoms with E-state index in [9.17, 15) is 13.2 Å². The molecule has 0 bridgehead atoms. The van der Waals surface area contributed by atoms with Crippen molar-refractivity contribution in [2.24, 2.45) is 5.73 Å². The number of nitrogen functional groups attached to an aromatic ring is 1. The van der Waals surface area contributed by atoms with Gasteiger partial charge in [0.25, 0.3) is 0 Å². The predicted octanol–water partition coefficient (Wildman–Crippen LogP) is -0.203. The van der Waals surface area contributed by atoms with Crippen molar-refractivity contribution in [1.29, 1.82) is 0 Å². The van der Waals surface area contributed by atoms with Crippen molar-refractivity contribution in [2.45, 2.75) is 10.9 Å². The molecule has 2 rings (SSSR count). The molecule has 1 fully saturated rings. The third-order valence-corrected chi connectivity index (χ3v) is 5.23. The smallest absolute Gasteiger partial charge is 0.244 e. The first-order valence-electron chi connectivity index (χ1n) is 5.78. The topological polar surface area (TPSA) is 116 Å². The van der Waals surface area contributed by atoms with Gasteiger partial charge in [-0.1, -0.05) is 11.6 Å². The maximum Gasteiger partial charge on any atom is 0.244 e. The second-order valence-electron chi connectivity index (χ2n) is 4.29. The molecule has 1 atom stereocenters. The van der Waals surface area contributed by atoms with E-state index in [2.05, 4.69) is 0 Å². The van der Waals surface area contributed by atoms with Crippen LogP contribution in [-0.2, 0) is 19.6 Å². The Morgan fingerprint density at radius 3 is 2.75 bits per heavy atom. The minimum Gasteiger partial charge on any atom is -0.397 e. The summed E-state index contributed by atoms with van der Waals surface area (Å²) in [6, 6.07) is 2.96. The summed E-state index contributed by atoms with van der Waals surface area (Å²) in [5, 5.41) is 0.261. The number of carbonyl (C=O) groups is 1. The Balaban J connectivity index is 2.42. The Bertz CT molecular complexity index is 635. The number of hydrogen-bond donors (Lipinski definition) is 2. The average Bonchev–Trinajstić information content (AvgIpc) is 2.41. The van der Waals surface area contributed by atoms with Gasteiger partial charge in [0.1, 0.15) is 6.04 Å². The Morgan fingerprint density at radius 2 is 2.15 bits per heavy atom. The van der Waals surface area contributed by atoms with Crippen molar-refractivity contribution in [3.63, 3.8) is 0 Å². The van der Waals surface area contributed by atoms with Crippen molar-refractivity contribution in [3.8, 4) is 0 Å². The zero-order valence-electron chi connectivity index (χ0n) is 10.5. The van der Waals surface area contributed by atoms with Gasteiger partial charge in [0.05, 0.1) is 28.8 Å². The number of amides is 1. The van der Waals surface area contributed by atoms with Gasteiger partial charge in [-0.3, -0.25) is 4.79 Å². The Labute approximate surface area is 121 Å². The number of carbonyl (C=O) groups excluding carboxylic acids is 1. The highest BCUT2D eigenvalue weighted by molar-refractivity contribution is 7.89. The quantitative estimate of drug-likeness (QED) is 0.748. The fourth-order valence-corrected chi connectivity index (χ4v) is 3.64. The monoisotopic (exact) mass is 319 g/mol. The van der Waals surface area contributed by atoms with Crippen LogP contribution in [0.4, 0.5) is 5.69 Å². The number of nitrogens with zero attached hydrogens (tertiary/aromatic N) is 1. The summed E-state index contributed by atoms with van der Waals surface area (Å²) in [6.07, 6.45) is 0. The lowest BCUT2D eigenvalue weighted by Crippen LogP contribution is -2.54. The molecule has 1 amide bonds. The van der Waals surface area contributed by atoms with E-state index >= 15 is 0 Å². The van der Waals surface area contributed by atoms with Gasteiger partial charge in [-0.05, 0) is 18.2 Å². The van der Waals surface area contributed by atoms with E-state index in [4.69, 9.17) is 27.8 Å². The van der Waals surface area contributed by atoms with Gasteiger partial charge in [0.2, 0.25) is 15.9 Å². The van der Waals surface area contributed by atoms with Crippen molar-refractivity contribution in [2.75, 3.05) is 25.5 Å². The van der Waals surface area contributed by atoms with E-state index in [1.165, 1.54) is 18.2 Å². The number of sulfonamides is 1. The van der Waals surface area contributed by atoms with Crippen LogP contribution in [-0.4, -0.2) is 44.4 Å². The molecule has 1 saturated heterocycles. The van der Waals surface area contributed by atoms with Crippen molar-refractivity contribution >= 4 is 33.2 Å². The van der Waals surface area contributed by atoms with Crippen LogP contribution in [0.15, 0.2) is 23.1 Å². The van der Waals surface area contributed by atoms with Gasteiger partial charge in [-0.25, -0.2) is 8.42 Å². The molecular weight excluding hydrogens is 306 g/mol. The number of morpholine rings is 1. The number of halogens is 1. The number of primary amides is 1. The lowest BCUT2D eigenvalue weighted by molar-refractivity contribution is -0.125. The SMILES string of the molecule is NC(=O)C1COCCN1S(=O)(=O)c1ccc(Cl)c(N)c1. The molecule has 4 N–H and O–H groups in total. The minimum atomic E-state index is -3.88. The zero-order valence-corrected chi connectivity index (χ0v) is 12.0. The van der Waals surface area contributed by atoms with E-state index in [0.717, 1.165) is 4.31 Å². The highest BCUT2D eigenvalue weighted by Crippen LogP contribution is 2.26. The van der Waals surface area contributed by atoms with Crippen LogP contribution in [0.5, 0.6) is 0 Å². The molecule has 0 aliphatic carbocycles. The lowest BCUT2D eigenvalue weighted by atomic mass is 10.3. The van der Waals surface area contributed by atoms with Gasteiger partial charge >= 0.3 is 0 Å². The molecule has 1 aromatic rings. The Morgan fingerprint density at radius 1 is 1.45 bits per heavy atom. The first-order chi connectivity index (χ1) is 9.34. The van der Waals surface area contributed by atoms with Crippen LogP contribution in [0.1, 0.15) is 0 Å². The van der Waals surface area contributed by atoms with Crippen LogP contribution in [0.3, 0.4) is 0 Å². The molecule has 1 aliphatic rings. The maximum atomic E-state index is 12.5. The minimum absolute atomic E-state index is 0.0347. The molecule has 1 heterocycles. The molecule has 1 aromatic carbocycles. The molecule has 1 aliphatic heterocycles. The fourth-order valence-electron chi connectivity index (χ4n) is 1.92. The number of hydrogen-bond acceptors (Lipinski definition) is 5. The van der Waals surface area contributed by atoms with Crippen molar-refractivity contribution in [1.82, 2.24) is 4.31 Å². The summed E-state index contributed by atoms with van der Waals surface area (Å²) in [5.41, 5.74) is 11.0. The zero-order chi connectivity index (χ0) is 14.9. The van der Waals surface area contributed by atoms with Crippen LogP contribution >= 0.6 is 11.6 Å². The molecule has 20 heavy (non-hydrogen) atoms. The van der Waals surface area contributed by atoms with Crippen LogP contribution in [0, 0.1) is 0 Å². The van der Waals surface area contributed by atoms with Gasteiger partial charge in [0.15, 0.2) is 0 Å². The van der Waals surface area contributed by atoms with E-state index in [-0.39, 0.29) is 35.4 Å². The third-order valence-electron chi connectivity index (χ3n) is 2.98. The molecular formula is C11H14ClN3O4S. The van der Waals surface area contributed by atoms with Gasteiger partial charge in [0, 0.05) is 6.54 Å². The number of benzene rings is 1. The average molecular weight is 320 g/mol. The molecule has 110 valence electrons. The predicted molar refractivity (Wildman–Crippen MR) is 73.6 cm³/mol. The summed E-state index contributed by atoms with van der Waals surface area (Å²) >= 11 is 5.77. The largest absolute Gasteiger partial charge is 0.397 e. The summed E-state index contributed by atoms with van der Waals surface area (Å²) in [7, 11) is -3.88. The van der Waals surface area contributed by atoms with E-state index in [1.54, 1.807) is 0 Å². The highest BCUT2D eigenvalue weighted by Gasteiger charge is 2.37. The summed E-state index contributed by atoms with van der Waals surface area (Å²) in [4.78, 5) is 11.3. The molecule has 7 nitrogen and oxygen atoms in total. The van der Waals surface area contributed by atoms with Crippen LogP contribution < -0.4 is 11.5 Å². The second kappa shape index (κ2) is 5.57. The second-order valence-corrected chi connectivity index (χ2v) is 6.59. The van der Waals surface area contributed by atoms with E-state index in [1.807, 2.05) is 0 Å². The lowest BCUT2D eigenvalue weighted by Gasteiger charge is -2.32. The highest BCUT2D eigenvalue weighted by atomic mass is 35.5. The summed E-state index contributed by atoms with van der Waals surface area (Å²) < 4.78 is 31.2. The van der Waals surface area contributed by atoms with Crippen molar-refractivity contribution in [3.05, 3.63) is 23.2 Å². The molecule has 0 radical (unpaired) electrons. The standard InChI is InChI=1S/C11H14ClN3O4S/c12-8-2-1-7(5-9(8)13)20(17,18)15-3-4-19-6-10(15)11(14)16/h1-2,5,10H,3-4,6,13H2,(H2,14,16). The number of nitrogens with two attached hydrogens (primary N) is 2. The van der Waals surface area contributed by atoms with E-state index < -0.39 is 22.0 Å². The molecule has 9 heteroatoms. The van der Waals surface area contributed by atoms with E-state index in [0.29, 0.717) is 0 Å². The molecule has 0 saturated carbocycles. The van der Waals surface area contributed by atoms with Gasteiger partial charge in [-0.2, -0.15) is 4.31 Å². The molecule has 0 spiro atoms. The van der Waals surface area contributed by atoms with Gasteiger partial charge < -0.3 is 16.2 Å². The Kier molecular flexibility index (Phi) is 4.19. The van der Waals surface area contributed by atoms with Crippen molar-refractivity contribution < 1.29 is 17.9 Å². The number of anilines is 1. The normalized spacial score (nSPS) is 20.8. The van der Waals surface area contributed by atoms with Gasteiger partial charge in [-0.15, -0.1) is 0 Å². The third kappa shape index (κ3) is 2.73. The van der Waals surface area contributed by atoms with Crippen LogP contribution in [0.25, 0.3) is 0 Å². The molecule has 1 unspecified atom stereocenters. The first kappa shape index (κ1) is 15.0. The summed E-state index contributed by atoms with van der Waals surface area (Å²) in [6.45, 7) is 0.197. The fraction of sp³-hybridized carbons (Fsp3) is 0.364. The number of rotatable bonds is 3. The first-order valence-corrected chi connectivity index (χ1v) is 7.60. The molecule has 0 aromatic heterocycles.